The molecule has 4 bridgehead atoms. The van der Waals surface area contributed by atoms with Crippen molar-refractivity contribution < 1.29 is 0 Å². The normalized spacial score (nSPS) is 20.5. The summed E-state index contributed by atoms with van der Waals surface area (Å²) in [5.41, 5.74) is 4.39. The van der Waals surface area contributed by atoms with Crippen molar-refractivity contribution >= 4 is 11.8 Å². The average molecular weight is 193 g/mol. The third kappa shape index (κ3) is 0.834. The number of nitrogens with zero attached hydrogens (tertiary/aromatic N) is 1. The van der Waals surface area contributed by atoms with Gasteiger partial charge < -0.3 is 4.90 Å². The molecule has 0 N–H and O–H groups in total. The number of hydrogen-bond donors (Lipinski definition) is 0. The molecule has 1 aromatic rings. The highest BCUT2D eigenvalue weighted by Crippen LogP contribution is 2.40. The molecule has 0 aliphatic carbocycles. The molecule has 0 amide bonds. The number of allylic oxidation sites excluding steroid dienone is 4. The van der Waals surface area contributed by atoms with Crippen LogP contribution in [0.4, 0.5) is 0 Å². The summed E-state index contributed by atoms with van der Waals surface area (Å²) < 4.78 is 0. The second-order valence-corrected chi connectivity index (χ2v) is 4.26. The third-order valence-electron chi connectivity index (χ3n) is 3.45. The molecular formula is C14H11N. The van der Waals surface area contributed by atoms with Crippen LogP contribution in [0.1, 0.15) is 12.8 Å². The first-order valence-electron chi connectivity index (χ1n) is 5.42. The molecule has 0 radical (unpaired) electrons. The molecular weight excluding hydrogens is 182 g/mol. The molecule has 0 unspecified atom stereocenters. The van der Waals surface area contributed by atoms with Crippen molar-refractivity contribution in [2.45, 2.75) is 12.8 Å². The fraction of sp³-hybridized carbons (Fsp3) is 0.143. The van der Waals surface area contributed by atoms with Crippen molar-refractivity contribution in [1.29, 1.82) is 0 Å². The van der Waals surface area contributed by atoms with Crippen LogP contribution in [0.25, 0.3) is 11.8 Å². The van der Waals surface area contributed by atoms with Crippen molar-refractivity contribution in [3.05, 3.63) is 58.2 Å². The Morgan fingerprint density at radius 3 is 3.00 bits per heavy atom. The summed E-state index contributed by atoms with van der Waals surface area (Å²) in [5.74, 6) is 0. The van der Waals surface area contributed by atoms with Crippen LogP contribution >= 0.6 is 0 Å². The second kappa shape index (κ2) is 2.43. The Morgan fingerprint density at radius 2 is 2.00 bits per heavy atom. The molecule has 3 aliphatic rings. The molecule has 1 fully saturated rings. The Kier molecular flexibility index (Phi) is 1.22. The van der Waals surface area contributed by atoms with Crippen LogP contribution in [-0.4, -0.2) is 4.90 Å². The Hall–Kier alpha value is -1.76. The van der Waals surface area contributed by atoms with Gasteiger partial charge >= 0.3 is 0 Å². The maximum absolute atomic E-state index is 2.35. The highest BCUT2D eigenvalue weighted by atomic mass is 15.2. The molecule has 0 spiro atoms. The van der Waals surface area contributed by atoms with Crippen LogP contribution in [0.5, 0.6) is 0 Å². The maximum Gasteiger partial charge on any atom is 0.0457 e. The first-order chi connectivity index (χ1) is 7.43. The summed E-state index contributed by atoms with van der Waals surface area (Å²) in [6, 6.07) is 8.68. The van der Waals surface area contributed by atoms with E-state index in [4.69, 9.17) is 0 Å². The minimum atomic E-state index is 1.10. The van der Waals surface area contributed by atoms with Crippen LogP contribution in [0, 0.1) is 0 Å². The first-order valence-corrected chi connectivity index (χ1v) is 5.42. The van der Waals surface area contributed by atoms with E-state index in [0.29, 0.717) is 0 Å². The molecule has 4 rings (SSSR count). The monoisotopic (exact) mass is 193 g/mol. The number of rotatable bonds is 0. The van der Waals surface area contributed by atoms with Gasteiger partial charge in [0.25, 0.3) is 0 Å². The number of fused-ring (bicyclic) bond motifs is 1. The minimum Gasteiger partial charge on any atom is -0.320 e. The quantitative estimate of drug-likeness (QED) is 0.603. The Labute approximate surface area is 88.3 Å². The zero-order valence-electron chi connectivity index (χ0n) is 8.40. The van der Waals surface area contributed by atoms with E-state index in [2.05, 4.69) is 47.5 Å². The van der Waals surface area contributed by atoms with Crippen molar-refractivity contribution in [2.75, 3.05) is 0 Å². The van der Waals surface area contributed by atoms with E-state index in [-0.39, 0.29) is 0 Å². The van der Waals surface area contributed by atoms with E-state index >= 15 is 0 Å². The molecule has 1 nitrogen and oxygen atoms in total. The molecule has 3 heterocycles. The lowest BCUT2D eigenvalue weighted by Crippen LogP contribution is -2.32. The van der Waals surface area contributed by atoms with Gasteiger partial charge in [-0.3, -0.25) is 0 Å². The second-order valence-electron chi connectivity index (χ2n) is 4.26. The van der Waals surface area contributed by atoms with Crippen molar-refractivity contribution in [2.24, 2.45) is 0 Å². The summed E-state index contributed by atoms with van der Waals surface area (Å²) in [6.45, 7) is 0. The van der Waals surface area contributed by atoms with Gasteiger partial charge in [-0.05, 0) is 22.4 Å². The highest BCUT2D eigenvalue weighted by Gasteiger charge is 2.29. The minimum absolute atomic E-state index is 1.10. The van der Waals surface area contributed by atoms with Crippen LogP contribution in [0.2, 0.25) is 0 Å². The van der Waals surface area contributed by atoms with E-state index < -0.39 is 0 Å². The maximum atomic E-state index is 2.35. The molecule has 3 aliphatic heterocycles. The van der Waals surface area contributed by atoms with Crippen LogP contribution < -0.4 is 10.4 Å². The summed E-state index contributed by atoms with van der Waals surface area (Å²) in [7, 11) is 0. The molecule has 1 saturated heterocycles. The average Bonchev–Trinajstić information content (AvgIpc) is 2.47. The van der Waals surface area contributed by atoms with Gasteiger partial charge in [-0.2, -0.15) is 0 Å². The SMILES string of the molecule is C1=C2CC3=c4ccccc4=CN2C3=CC1. The molecule has 72 valence electrons. The van der Waals surface area contributed by atoms with Crippen molar-refractivity contribution in [3.8, 4) is 0 Å². The lowest BCUT2D eigenvalue weighted by atomic mass is 10.1. The molecule has 0 saturated carbocycles. The number of hydrogen-bond acceptors (Lipinski definition) is 1. The van der Waals surface area contributed by atoms with E-state index in [1.807, 2.05) is 0 Å². The van der Waals surface area contributed by atoms with Crippen molar-refractivity contribution in [3.63, 3.8) is 0 Å². The Bertz CT molecular complexity index is 632. The third-order valence-corrected chi connectivity index (χ3v) is 3.45. The molecule has 0 atom stereocenters. The van der Waals surface area contributed by atoms with Crippen LogP contribution in [0.3, 0.4) is 0 Å². The van der Waals surface area contributed by atoms with E-state index in [1.165, 1.54) is 27.4 Å². The van der Waals surface area contributed by atoms with Crippen LogP contribution in [-0.2, 0) is 0 Å². The predicted octanol–water partition coefficient (Wildman–Crippen LogP) is 1.47. The molecule has 0 aromatic heterocycles. The topological polar surface area (TPSA) is 3.24 Å². The van der Waals surface area contributed by atoms with Gasteiger partial charge in [0.2, 0.25) is 0 Å². The lowest BCUT2D eigenvalue weighted by Gasteiger charge is -2.22. The molecule has 1 aromatic carbocycles. The lowest BCUT2D eigenvalue weighted by molar-refractivity contribution is 0.656. The summed E-state index contributed by atoms with van der Waals surface area (Å²) in [6.07, 6.45) is 9.14. The Balaban J connectivity index is 2.23. The zero-order chi connectivity index (χ0) is 9.83. The summed E-state index contributed by atoms with van der Waals surface area (Å²) >= 11 is 0. The van der Waals surface area contributed by atoms with Gasteiger partial charge in [0.1, 0.15) is 0 Å². The highest BCUT2D eigenvalue weighted by molar-refractivity contribution is 5.76. The van der Waals surface area contributed by atoms with Gasteiger partial charge in [0, 0.05) is 24.0 Å². The summed E-state index contributed by atoms with van der Waals surface area (Å²) in [4.78, 5) is 2.35. The van der Waals surface area contributed by atoms with Gasteiger partial charge in [0.05, 0.1) is 0 Å². The predicted molar refractivity (Wildman–Crippen MR) is 60.8 cm³/mol. The van der Waals surface area contributed by atoms with E-state index in [1.54, 1.807) is 0 Å². The van der Waals surface area contributed by atoms with Crippen molar-refractivity contribution in [1.82, 2.24) is 4.90 Å². The standard InChI is InChI=1S/C14H11N/c1-2-6-12-10(4-1)9-15-11-5-3-7-14(15)13(12)8-11/h1-2,4-7,9H,3,8H2. The first kappa shape index (κ1) is 7.52. The largest absolute Gasteiger partial charge is 0.320 e. The molecule has 1 heteroatoms. The van der Waals surface area contributed by atoms with Gasteiger partial charge in [0.15, 0.2) is 0 Å². The summed E-state index contributed by atoms with van der Waals surface area (Å²) in [5, 5.41) is 2.78. The Morgan fingerprint density at radius 1 is 1.07 bits per heavy atom. The van der Waals surface area contributed by atoms with Gasteiger partial charge in [-0.15, -0.1) is 0 Å². The van der Waals surface area contributed by atoms with E-state index in [9.17, 15) is 0 Å². The van der Waals surface area contributed by atoms with Crippen LogP contribution in [0.15, 0.2) is 47.8 Å². The van der Waals surface area contributed by atoms with E-state index in [0.717, 1.165) is 12.8 Å². The fourth-order valence-electron chi connectivity index (χ4n) is 2.76. The van der Waals surface area contributed by atoms with Gasteiger partial charge in [-0.25, -0.2) is 0 Å². The number of benzene rings is 1. The molecule has 15 heavy (non-hydrogen) atoms. The zero-order valence-corrected chi connectivity index (χ0v) is 8.40. The van der Waals surface area contributed by atoms with Gasteiger partial charge in [-0.1, -0.05) is 36.4 Å². The smallest absolute Gasteiger partial charge is 0.0457 e. The fourth-order valence-corrected chi connectivity index (χ4v) is 2.76.